The second-order valence-corrected chi connectivity index (χ2v) is 4.51. The molecule has 2 aromatic rings. The molecule has 2 heteroatoms. The number of nitrogens with zero attached hydrogens (tertiary/aromatic N) is 2. The number of allylic oxidation sites excluding steroid dienone is 6. The van der Waals surface area contributed by atoms with Crippen molar-refractivity contribution in [3.63, 3.8) is 0 Å². The molecule has 98 valence electrons. The van der Waals surface area contributed by atoms with Crippen LogP contribution in [-0.4, -0.2) is 9.38 Å². The minimum Gasteiger partial charge on any atom is -0.300 e. The molecule has 0 unspecified atom stereocenters. The van der Waals surface area contributed by atoms with Crippen LogP contribution in [0.3, 0.4) is 0 Å². The van der Waals surface area contributed by atoms with Crippen molar-refractivity contribution in [2.24, 2.45) is 0 Å². The molecule has 19 heavy (non-hydrogen) atoms. The van der Waals surface area contributed by atoms with Crippen molar-refractivity contribution in [2.75, 3.05) is 0 Å². The summed E-state index contributed by atoms with van der Waals surface area (Å²) in [6.07, 6.45) is 15.4. The monoisotopic (exact) mass is 252 g/mol. The molecule has 0 N–H and O–H groups in total. The van der Waals surface area contributed by atoms with Crippen molar-refractivity contribution >= 4 is 11.1 Å². The Morgan fingerprint density at radius 2 is 2.26 bits per heavy atom. The van der Waals surface area contributed by atoms with Crippen LogP contribution in [0.2, 0.25) is 0 Å². The van der Waals surface area contributed by atoms with Crippen molar-refractivity contribution < 1.29 is 0 Å². The summed E-state index contributed by atoms with van der Waals surface area (Å²) in [5.74, 6) is 0. The molecule has 2 rings (SSSR count). The van der Waals surface area contributed by atoms with Gasteiger partial charge in [0.25, 0.3) is 0 Å². The zero-order valence-electron chi connectivity index (χ0n) is 11.8. The molecule has 0 amide bonds. The molecule has 2 aromatic heterocycles. The Morgan fingerprint density at radius 1 is 1.42 bits per heavy atom. The maximum Gasteiger partial charge on any atom is 0.0995 e. The first-order valence-electron chi connectivity index (χ1n) is 6.69. The SMILES string of the molecule is C/C=C/C=C(\C=C/CC)c1cc(C)c2ccncn12. The summed E-state index contributed by atoms with van der Waals surface area (Å²) >= 11 is 0. The van der Waals surface area contributed by atoms with Crippen molar-refractivity contribution in [2.45, 2.75) is 27.2 Å². The molecule has 0 spiro atoms. The van der Waals surface area contributed by atoms with Gasteiger partial charge in [0.1, 0.15) is 0 Å². The number of hydrogen-bond acceptors (Lipinski definition) is 1. The van der Waals surface area contributed by atoms with E-state index >= 15 is 0 Å². The highest BCUT2D eigenvalue weighted by atomic mass is 15.0. The van der Waals surface area contributed by atoms with E-state index in [0.29, 0.717) is 0 Å². The second-order valence-electron chi connectivity index (χ2n) is 4.51. The molecule has 0 bridgehead atoms. The van der Waals surface area contributed by atoms with E-state index in [2.05, 4.69) is 59.7 Å². The predicted molar refractivity (Wildman–Crippen MR) is 82.2 cm³/mol. The molecular formula is C17H20N2. The van der Waals surface area contributed by atoms with Crippen LogP contribution in [0.25, 0.3) is 11.1 Å². The van der Waals surface area contributed by atoms with E-state index in [1.165, 1.54) is 22.3 Å². The van der Waals surface area contributed by atoms with Gasteiger partial charge in [-0.2, -0.15) is 0 Å². The highest BCUT2D eigenvalue weighted by Crippen LogP contribution is 2.23. The molecule has 0 fully saturated rings. The molecule has 0 aliphatic carbocycles. The summed E-state index contributed by atoms with van der Waals surface area (Å²) < 4.78 is 2.14. The topological polar surface area (TPSA) is 17.3 Å². The molecule has 0 aliphatic heterocycles. The van der Waals surface area contributed by atoms with E-state index in [-0.39, 0.29) is 0 Å². The Balaban J connectivity index is 2.59. The highest BCUT2D eigenvalue weighted by molar-refractivity contribution is 5.77. The van der Waals surface area contributed by atoms with Gasteiger partial charge in [-0.3, -0.25) is 0 Å². The lowest BCUT2D eigenvalue weighted by Gasteiger charge is -2.03. The maximum absolute atomic E-state index is 4.22. The minimum absolute atomic E-state index is 1.04. The third-order valence-electron chi connectivity index (χ3n) is 3.07. The Hall–Kier alpha value is -2.09. The zero-order valence-corrected chi connectivity index (χ0v) is 11.8. The van der Waals surface area contributed by atoms with Gasteiger partial charge in [-0.05, 0) is 43.5 Å². The fourth-order valence-corrected chi connectivity index (χ4v) is 2.12. The predicted octanol–water partition coefficient (Wildman–Crippen LogP) is 4.57. The van der Waals surface area contributed by atoms with Crippen LogP contribution in [0.4, 0.5) is 0 Å². The molecule has 2 heterocycles. The highest BCUT2D eigenvalue weighted by Gasteiger charge is 2.07. The minimum atomic E-state index is 1.04. The van der Waals surface area contributed by atoms with E-state index in [4.69, 9.17) is 0 Å². The average Bonchev–Trinajstić information content (AvgIpc) is 2.77. The fourth-order valence-electron chi connectivity index (χ4n) is 2.12. The lowest BCUT2D eigenvalue weighted by molar-refractivity contribution is 1.07. The largest absolute Gasteiger partial charge is 0.300 e. The molecule has 0 atom stereocenters. The number of rotatable bonds is 4. The van der Waals surface area contributed by atoms with Gasteiger partial charge in [0.2, 0.25) is 0 Å². The normalized spacial score (nSPS) is 13.1. The Morgan fingerprint density at radius 3 is 3.00 bits per heavy atom. The molecule has 0 aliphatic rings. The summed E-state index contributed by atoms with van der Waals surface area (Å²) in [5.41, 5.74) is 4.87. The molecule has 2 nitrogen and oxygen atoms in total. The van der Waals surface area contributed by atoms with E-state index in [1.54, 1.807) is 0 Å². The summed E-state index contributed by atoms with van der Waals surface area (Å²) in [7, 11) is 0. The number of aryl methyl sites for hydroxylation is 1. The Bertz CT molecular complexity index is 642. The van der Waals surface area contributed by atoms with Crippen molar-refractivity contribution in [1.29, 1.82) is 0 Å². The second kappa shape index (κ2) is 6.19. The first-order chi connectivity index (χ1) is 9.27. The van der Waals surface area contributed by atoms with Gasteiger partial charge in [0.05, 0.1) is 17.5 Å². The van der Waals surface area contributed by atoms with Gasteiger partial charge in [0, 0.05) is 6.20 Å². The lowest BCUT2D eigenvalue weighted by atomic mass is 10.1. The van der Waals surface area contributed by atoms with Gasteiger partial charge in [-0.25, -0.2) is 4.98 Å². The van der Waals surface area contributed by atoms with Crippen LogP contribution in [0.1, 0.15) is 31.5 Å². The summed E-state index contributed by atoms with van der Waals surface area (Å²) in [5, 5.41) is 0. The third kappa shape index (κ3) is 2.84. The molecule has 0 aromatic carbocycles. The fraction of sp³-hybridized carbons (Fsp3) is 0.235. The van der Waals surface area contributed by atoms with E-state index in [1.807, 2.05) is 25.5 Å². The van der Waals surface area contributed by atoms with Crippen LogP contribution in [-0.2, 0) is 0 Å². The van der Waals surface area contributed by atoms with Crippen LogP contribution in [0, 0.1) is 6.92 Å². The quantitative estimate of drug-likeness (QED) is 0.729. The van der Waals surface area contributed by atoms with Gasteiger partial charge in [-0.15, -0.1) is 0 Å². The van der Waals surface area contributed by atoms with Crippen LogP contribution < -0.4 is 0 Å². The van der Waals surface area contributed by atoms with Crippen LogP contribution in [0.15, 0.2) is 55.0 Å². The van der Waals surface area contributed by atoms with Crippen LogP contribution >= 0.6 is 0 Å². The average molecular weight is 252 g/mol. The van der Waals surface area contributed by atoms with Gasteiger partial charge in [-0.1, -0.05) is 37.3 Å². The van der Waals surface area contributed by atoms with E-state index in [0.717, 1.165) is 6.42 Å². The summed E-state index contributed by atoms with van der Waals surface area (Å²) in [6.45, 7) is 6.31. The smallest absolute Gasteiger partial charge is 0.0995 e. The number of aromatic nitrogens is 2. The van der Waals surface area contributed by atoms with Gasteiger partial charge < -0.3 is 4.40 Å². The maximum atomic E-state index is 4.22. The van der Waals surface area contributed by atoms with E-state index in [9.17, 15) is 0 Å². The van der Waals surface area contributed by atoms with Gasteiger partial charge >= 0.3 is 0 Å². The molecule has 0 radical (unpaired) electrons. The third-order valence-corrected chi connectivity index (χ3v) is 3.07. The Kier molecular flexibility index (Phi) is 4.35. The standard InChI is InChI=1S/C17H20N2/c1-4-6-8-15(9-7-5-2)17-12-14(3)16-10-11-18-13-19(16)17/h4,6-13H,5H2,1-3H3/b6-4+,9-7-,15-8+. The number of hydrogen-bond donors (Lipinski definition) is 0. The Labute approximate surface area is 114 Å². The first kappa shape index (κ1) is 13.3. The van der Waals surface area contributed by atoms with Crippen molar-refractivity contribution in [3.05, 3.63) is 66.3 Å². The molecule has 0 saturated carbocycles. The summed E-state index contributed by atoms with van der Waals surface area (Å²) in [4.78, 5) is 4.22. The van der Waals surface area contributed by atoms with Crippen molar-refractivity contribution in [3.8, 4) is 0 Å². The molecule has 0 saturated heterocycles. The summed E-state index contributed by atoms with van der Waals surface area (Å²) in [6, 6.07) is 4.27. The van der Waals surface area contributed by atoms with E-state index < -0.39 is 0 Å². The molecular weight excluding hydrogens is 232 g/mol. The van der Waals surface area contributed by atoms with Crippen LogP contribution in [0.5, 0.6) is 0 Å². The first-order valence-corrected chi connectivity index (χ1v) is 6.69. The lowest BCUT2D eigenvalue weighted by Crippen LogP contribution is -1.91. The van der Waals surface area contributed by atoms with Gasteiger partial charge in [0.15, 0.2) is 0 Å². The zero-order chi connectivity index (χ0) is 13.7. The van der Waals surface area contributed by atoms with Crippen molar-refractivity contribution in [1.82, 2.24) is 9.38 Å². The number of fused-ring (bicyclic) bond motifs is 1.